The number of methoxy groups -OCH3 is 1. The van der Waals surface area contributed by atoms with Crippen molar-refractivity contribution in [3.05, 3.63) is 125 Å². The molecular weight excluding hydrogens is 610 g/mol. The van der Waals surface area contributed by atoms with Gasteiger partial charge >= 0.3 is 0 Å². The highest BCUT2D eigenvalue weighted by Crippen LogP contribution is 2.26. The summed E-state index contributed by atoms with van der Waals surface area (Å²) < 4.78 is 34.5. The van der Waals surface area contributed by atoms with E-state index >= 15 is 0 Å². The number of sulfonamides is 1. The minimum Gasteiger partial charge on any atom is -0.497 e. The second kappa shape index (κ2) is 14.6. The molecule has 1 N–H and O–H groups in total. The monoisotopic (exact) mass is 647 g/mol. The number of anilines is 1. The quantitative estimate of drug-likeness (QED) is 0.201. The molecule has 0 aromatic heterocycles. The molecule has 0 saturated heterocycles. The maximum absolute atomic E-state index is 14.5. The number of hydrogen-bond acceptors (Lipinski definition) is 5. The van der Waals surface area contributed by atoms with Gasteiger partial charge in [-0.2, -0.15) is 0 Å². The fourth-order valence-corrected chi connectivity index (χ4v) is 6.33. The minimum absolute atomic E-state index is 0.00415. The molecular formula is C35H38ClN3O5S. The topological polar surface area (TPSA) is 96.0 Å². The number of carbonyl (C=O) groups is 2. The van der Waals surface area contributed by atoms with Crippen molar-refractivity contribution in [2.24, 2.45) is 0 Å². The predicted molar refractivity (Wildman–Crippen MR) is 178 cm³/mol. The van der Waals surface area contributed by atoms with E-state index in [1.165, 1.54) is 24.1 Å². The Bertz CT molecular complexity index is 1680. The summed E-state index contributed by atoms with van der Waals surface area (Å²) in [6.07, 6.45) is 0.221. The summed E-state index contributed by atoms with van der Waals surface area (Å²) in [5.74, 6) is -0.395. The van der Waals surface area contributed by atoms with E-state index in [0.717, 1.165) is 15.4 Å². The third-order valence-electron chi connectivity index (χ3n) is 7.01. The minimum atomic E-state index is -4.21. The van der Waals surface area contributed by atoms with Gasteiger partial charge in [-0.15, -0.1) is 0 Å². The van der Waals surface area contributed by atoms with E-state index < -0.39 is 34.1 Å². The molecule has 0 aliphatic rings. The van der Waals surface area contributed by atoms with Crippen molar-refractivity contribution >= 4 is 39.1 Å². The molecule has 0 heterocycles. The Labute approximate surface area is 270 Å². The largest absolute Gasteiger partial charge is 0.497 e. The van der Waals surface area contributed by atoms with Crippen molar-refractivity contribution in [2.45, 2.75) is 50.2 Å². The summed E-state index contributed by atoms with van der Waals surface area (Å²) in [6, 6.07) is 29.9. The van der Waals surface area contributed by atoms with Gasteiger partial charge in [0.15, 0.2) is 0 Å². The van der Waals surface area contributed by atoms with Crippen LogP contribution in [0.1, 0.15) is 31.9 Å². The Morgan fingerprint density at radius 3 is 1.96 bits per heavy atom. The molecule has 10 heteroatoms. The van der Waals surface area contributed by atoms with Crippen LogP contribution < -0.4 is 14.4 Å². The zero-order valence-corrected chi connectivity index (χ0v) is 27.4. The highest BCUT2D eigenvalue weighted by molar-refractivity contribution is 7.92. The maximum atomic E-state index is 14.5. The zero-order chi connectivity index (χ0) is 32.6. The van der Waals surface area contributed by atoms with E-state index in [2.05, 4.69) is 5.32 Å². The number of benzene rings is 4. The number of amides is 2. The van der Waals surface area contributed by atoms with Crippen LogP contribution in [-0.2, 0) is 32.6 Å². The maximum Gasteiger partial charge on any atom is 0.264 e. The van der Waals surface area contributed by atoms with Gasteiger partial charge in [0.1, 0.15) is 18.3 Å². The van der Waals surface area contributed by atoms with E-state index in [-0.39, 0.29) is 23.8 Å². The van der Waals surface area contributed by atoms with Crippen molar-refractivity contribution in [2.75, 3.05) is 18.0 Å². The summed E-state index contributed by atoms with van der Waals surface area (Å²) in [6.45, 7) is 5.12. The van der Waals surface area contributed by atoms with Crippen LogP contribution in [0.15, 0.2) is 114 Å². The number of ether oxygens (including phenoxy) is 1. The Hall–Kier alpha value is -4.34. The van der Waals surface area contributed by atoms with Gasteiger partial charge < -0.3 is 15.0 Å². The first kappa shape index (κ1) is 33.6. The molecule has 0 bridgehead atoms. The molecule has 0 fully saturated rings. The van der Waals surface area contributed by atoms with Crippen molar-refractivity contribution < 1.29 is 22.7 Å². The smallest absolute Gasteiger partial charge is 0.264 e. The van der Waals surface area contributed by atoms with Gasteiger partial charge in [0.05, 0.1) is 17.7 Å². The van der Waals surface area contributed by atoms with E-state index in [1.807, 2.05) is 51.1 Å². The number of nitrogens with zero attached hydrogens (tertiary/aromatic N) is 2. The molecule has 236 valence electrons. The van der Waals surface area contributed by atoms with Gasteiger partial charge in [-0.05, 0) is 80.4 Å². The molecule has 0 aliphatic heterocycles. The average Bonchev–Trinajstić information content (AvgIpc) is 3.02. The molecule has 45 heavy (non-hydrogen) atoms. The standard InChI is InChI=1S/C35H38ClN3O5S/c1-35(2,3)37-34(41)32(23-26-11-7-5-8-12-26)38(24-27-15-17-28(36)18-16-27)33(40)25-39(29-13-9-6-10-14-29)45(42,43)31-21-19-30(44-4)20-22-31/h5-22,32H,23-25H2,1-4H3,(H,37,41). The lowest BCUT2D eigenvalue weighted by Crippen LogP contribution is -2.56. The summed E-state index contributed by atoms with van der Waals surface area (Å²) in [5, 5.41) is 3.56. The number of rotatable bonds is 12. The second-order valence-corrected chi connectivity index (χ2v) is 13.9. The van der Waals surface area contributed by atoms with Crippen LogP contribution >= 0.6 is 11.6 Å². The highest BCUT2D eigenvalue weighted by atomic mass is 35.5. The van der Waals surface area contributed by atoms with Gasteiger partial charge in [0.25, 0.3) is 10.0 Å². The summed E-state index contributed by atoms with van der Waals surface area (Å²) in [4.78, 5) is 29.8. The van der Waals surface area contributed by atoms with Gasteiger partial charge in [-0.25, -0.2) is 8.42 Å². The van der Waals surface area contributed by atoms with E-state index in [1.54, 1.807) is 66.7 Å². The Morgan fingerprint density at radius 2 is 1.40 bits per heavy atom. The van der Waals surface area contributed by atoms with Crippen molar-refractivity contribution in [3.63, 3.8) is 0 Å². The second-order valence-electron chi connectivity index (χ2n) is 11.6. The molecule has 0 saturated carbocycles. The number of hydrogen-bond donors (Lipinski definition) is 1. The summed E-state index contributed by atoms with van der Waals surface area (Å²) >= 11 is 6.14. The molecule has 2 amide bonds. The first-order valence-electron chi connectivity index (χ1n) is 14.5. The average molecular weight is 648 g/mol. The molecule has 8 nitrogen and oxygen atoms in total. The molecule has 4 rings (SSSR count). The first-order chi connectivity index (χ1) is 21.4. The Balaban J connectivity index is 1.79. The lowest BCUT2D eigenvalue weighted by Gasteiger charge is -2.35. The van der Waals surface area contributed by atoms with Crippen LogP contribution in [0.25, 0.3) is 0 Å². The van der Waals surface area contributed by atoms with Crippen molar-refractivity contribution in [3.8, 4) is 5.75 Å². The van der Waals surface area contributed by atoms with Gasteiger partial charge in [0.2, 0.25) is 11.8 Å². The molecule has 0 spiro atoms. The lowest BCUT2D eigenvalue weighted by molar-refractivity contribution is -0.140. The molecule has 0 aliphatic carbocycles. The molecule has 1 atom stereocenters. The van der Waals surface area contributed by atoms with Crippen molar-refractivity contribution in [1.82, 2.24) is 10.2 Å². The first-order valence-corrected chi connectivity index (χ1v) is 16.3. The third-order valence-corrected chi connectivity index (χ3v) is 9.05. The van der Waals surface area contributed by atoms with Gasteiger partial charge in [-0.1, -0.05) is 72.3 Å². The van der Waals surface area contributed by atoms with Crippen LogP contribution in [-0.4, -0.2) is 50.4 Å². The lowest BCUT2D eigenvalue weighted by atomic mass is 10.0. The molecule has 4 aromatic rings. The number of halogens is 1. The zero-order valence-electron chi connectivity index (χ0n) is 25.8. The van der Waals surface area contributed by atoms with Crippen LogP contribution in [0.5, 0.6) is 5.75 Å². The normalized spacial score (nSPS) is 12.2. The SMILES string of the molecule is COc1ccc(S(=O)(=O)N(CC(=O)N(Cc2ccc(Cl)cc2)C(Cc2ccccc2)C(=O)NC(C)(C)C)c2ccccc2)cc1. The van der Waals surface area contributed by atoms with Crippen LogP contribution in [0.2, 0.25) is 5.02 Å². The Morgan fingerprint density at radius 1 is 0.822 bits per heavy atom. The molecule has 4 aromatic carbocycles. The third kappa shape index (κ3) is 9.09. The number of nitrogens with one attached hydrogen (secondary N) is 1. The van der Waals surface area contributed by atoms with E-state index in [9.17, 15) is 18.0 Å². The number of carbonyl (C=O) groups excluding carboxylic acids is 2. The van der Waals surface area contributed by atoms with Crippen LogP contribution in [0.4, 0.5) is 5.69 Å². The van der Waals surface area contributed by atoms with E-state index in [4.69, 9.17) is 16.3 Å². The molecule has 1 unspecified atom stereocenters. The van der Waals surface area contributed by atoms with Gasteiger partial charge in [0, 0.05) is 23.5 Å². The summed E-state index contributed by atoms with van der Waals surface area (Å²) in [5.41, 5.74) is 1.33. The number of para-hydroxylation sites is 1. The van der Waals surface area contributed by atoms with E-state index in [0.29, 0.717) is 16.5 Å². The predicted octanol–water partition coefficient (Wildman–Crippen LogP) is 6.10. The van der Waals surface area contributed by atoms with Crippen LogP contribution in [0.3, 0.4) is 0 Å². The van der Waals surface area contributed by atoms with Gasteiger partial charge in [-0.3, -0.25) is 13.9 Å². The fourth-order valence-electron chi connectivity index (χ4n) is 4.79. The highest BCUT2D eigenvalue weighted by Gasteiger charge is 2.35. The Kier molecular flexibility index (Phi) is 10.9. The molecule has 0 radical (unpaired) electrons. The summed E-state index contributed by atoms with van der Waals surface area (Å²) in [7, 11) is -2.71. The van der Waals surface area contributed by atoms with Crippen LogP contribution in [0, 0.1) is 0 Å². The van der Waals surface area contributed by atoms with Crippen molar-refractivity contribution in [1.29, 1.82) is 0 Å². The fraction of sp³-hybridized carbons (Fsp3) is 0.257.